The number of para-hydroxylation sites is 1. The molecule has 12 heavy (non-hydrogen) atoms. The van der Waals surface area contributed by atoms with Crippen molar-refractivity contribution >= 4 is 11.5 Å². The van der Waals surface area contributed by atoms with Gasteiger partial charge >= 0.3 is 0 Å². The third-order valence-corrected chi connectivity index (χ3v) is 1.90. The van der Waals surface area contributed by atoms with Crippen LogP contribution in [0.1, 0.15) is 18.6 Å². The number of carbonyl (C=O) groups excluding carboxylic acids is 1. The quantitative estimate of drug-likeness (QED) is 0.684. The summed E-state index contributed by atoms with van der Waals surface area (Å²) in [6, 6.07) is 7.57. The molecule has 0 bridgehead atoms. The average Bonchev–Trinajstić information content (AvgIpc) is 2.47. The van der Waals surface area contributed by atoms with E-state index >= 15 is 0 Å². The van der Waals surface area contributed by atoms with Crippen molar-refractivity contribution in [3.8, 4) is 0 Å². The molecule has 1 atom stereocenters. The summed E-state index contributed by atoms with van der Waals surface area (Å²) in [7, 11) is 0. The van der Waals surface area contributed by atoms with Crippen LogP contribution in [0, 0.1) is 0 Å². The second-order valence-electron chi connectivity index (χ2n) is 2.80. The van der Waals surface area contributed by atoms with Gasteiger partial charge in [0, 0.05) is 5.56 Å². The van der Waals surface area contributed by atoms with Crippen molar-refractivity contribution in [3.63, 3.8) is 0 Å². The molecule has 0 amide bonds. The first-order chi connectivity index (χ1) is 5.79. The summed E-state index contributed by atoms with van der Waals surface area (Å²) >= 11 is 0. The van der Waals surface area contributed by atoms with Crippen LogP contribution in [0.4, 0.5) is 5.69 Å². The Morgan fingerprint density at radius 2 is 2.25 bits per heavy atom. The fraction of sp³-hybridized carbons (Fsp3) is 0.222. The van der Waals surface area contributed by atoms with Gasteiger partial charge in [0.1, 0.15) is 0 Å². The van der Waals surface area contributed by atoms with Crippen molar-refractivity contribution in [2.45, 2.75) is 13.0 Å². The Hall–Kier alpha value is -1.35. The third-order valence-electron chi connectivity index (χ3n) is 1.90. The number of Topliss-reactive ketones (excluding diaryl/α,β-unsaturated/α-hetero) is 1. The number of carbonyl (C=O) groups is 1. The van der Waals surface area contributed by atoms with E-state index in [2.05, 4.69) is 5.48 Å². The highest BCUT2D eigenvalue weighted by Crippen LogP contribution is 2.32. The first-order valence-corrected chi connectivity index (χ1v) is 3.80. The van der Waals surface area contributed by atoms with E-state index in [1.54, 1.807) is 0 Å². The van der Waals surface area contributed by atoms with Crippen molar-refractivity contribution in [1.82, 2.24) is 0 Å². The number of anilines is 1. The van der Waals surface area contributed by atoms with Crippen LogP contribution in [0.2, 0.25) is 0 Å². The summed E-state index contributed by atoms with van der Waals surface area (Å²) in [5, 5.41) is 0. The van der Waals surface area contributed by atoms with Crippen LogP contribution in [0.15, 0.2) is 24.3 Å². The Kier molecular flexibility index (Phi) is 1.59. The zero-order chi connectivity index (χ0) is 8.55. The maximum atomic E-state index is 11.0. The molecule has 1 unspecified atom stereocenters. The molecule has 1 aromatic carbocycles. The van der Waals surface area contributed by atoms with E-state index in [4.69, 9.17) is 4.84 Å². The SMILES string of the molecule is CC(=O)C1ONc2ccccc21. The normalized spacial score (nSPS) is 19.9. The van der Waals surface area contributed by atoms with Crippen LogP contribution in [-0.2, 0) is 9.63 Å². The highest BCUT2D eigenvalue weighted by molar-refractivity contribution is 5.85. The van der Waals surface area contributed by atoms with Crippen LogP contribution >= 0.6 is 0 Å². The summed E-state index contributed by atoms with van der Waals surface area (Å²) in [6.45, 7) is 1.52. The highest BCUT2D eigenvalue weighted by atomic mass is 16.7. The molecule has 1 heterocycles. The second-order valence-corrected chi connectivity index (χ2v) is 2.80. The van der Waals surface area contributed by atoms with Gasteiger partial charge in [0.05, 0.1) is 5.69 Å². The van der Waals surface area contributed by atoms with Gasteiger partial charge in [0.15, 0.2) is 11.9 Å². The van der Waals surface area contributed by atoms with E-state index in [1.165, 1.54) is 6.92 Å². The molecule has 62 valence electrons. The lowest BCUT2D eigenvalue weighted by atomic mass is 10.1. The average molecular weight is 163 g/mol. The molecular formula is C9H9NO2. The van der Waals surface area contributed by atoms with E-state index in [9.17, 15) is 4.79 Å². The predicted octanol–water partition coefficient (Wildman–Crippen LogP) is 1.67. The molecule has 0 fully saturated rings. The van der Waals surface area contributed by atoms with Crippen molar-refractivity contribution < 1.29 is 9.63 Å². The molecule has 0 spiro atoms. The fourth-order valence-electron chi connectivity index (χ4n) is 1.31. The van der Waals surface area contributed by atoms with Crippen molar-refractivity contribution in [1.29, 1.82) is 0 Å². The van der Waals surface area contributed by atoms with Crippen LogP contribution in [0.25, 0.3) is 0 Å². The number of ketones is 1. The Balaban J connectivity index is 2.42. The van der Waals surface area contributed by atoms with Crippen LogP contribution in [-0.4, -0.2) is 5.78 Å². The fourth-order valence-corrected chi connectivity index (χ4v) is 1.31. The number of hydrogen-bond acceptors (Lipinski definition) is 3. The lowest BCUT2D eigenvalue weighted by molar-refractivity contribution is -0.126. The van der Waals surface area contributed by atoms with Crippen molar-refractivity contribution in [3.05, 3.63) is 29.8 Å². The van der Waals surface area contributed by atoms with Gasteiger partial charge in [-0.15, -0.1) is 0 Å². The molecule has 2 rings (SSSR count). The zero-order valence-corrected chi connectivity index (χ0v) is 6.70. The Labute approximate surface area is 70.3 Å². The first-order valence-electron chi connectivity index (χ1n) is 3.80. The minimum atomic E-state index is -0.429. The maximum absolute atomic E-state index is 11.0. The molecule has 0 saturated carbocycles. The topological polar surface area (TPSA) is 38.3 Å². The molecule has 1 aromatic rings. The Morgan fingerprint density at radius 1 is 1.50 bits per heavy atom. The standard InChI is InChI=1S/C9H9NO2/c1-6(11)9-7-4-2-3-5-8(7)10-12-9/h2-5,9-10H,1H3. The first kappa shape index (κ1) is 7.31. The van der Waals surface area contributed by atoms with Gasteiger partial charge in [-0.2, -0.15) is 0 Å². The lowest BCUT2D eigenvalue weighted by Gasteiger charge is -2.02. The molecule has 0 aromatic heterocycles. The molecule has 1 N–H and O–H groups in total. The van der Waals surface area contributed by atoms with Gasteiger partial charge in [-0.1, -0.05) is 18.2 Å². The molecule has 3 heteroatoms. The van der Waals surface area contributed by atoms with Gasteiger partial charge in [0.25, 0.3) is 0 Å². The summed E-state index contributed by atoms with van der Waals surface area (Å²) < 4.78 is 0. The van der Waals surface area contributed by atoms with Crippen LogP contribution < -0.4 is 5.48 Å². The van der Waals surface area contributed by atoms with Crippen LogP contribution in [0.3, 0.4) is 0 Å². The van der Waals surface area contributed by atoms with E-state index < -0.39 is 6.10 Å². The molecule has 0 saturated heterocycles. The summed E-state index contributed by atoms with van der Waals surface area (Å²) in [6.07, 6.45) is -0.429. The number of fused-ring (bicyclic) bond motifs is 1. The Bertz CT molecular complexity index is 322. The number of nitrogens with one attached hydrogen (secondary N) is 1. The molecular weight excluding hydrogens is 154 g/mol. The van der Waals surface area contributed by atoms with Crippen molar-refractivity contribution in [2.75, 3.05) is 5.48 Å². The maximum Gasteiger partial charge on any atom is 0.170 e. The van der Waals surface area contributed by atoms with Gasteiger partial charge in [-0.25, -0.2) is 0 Å². The Morgan fingerprint density at radius 3 is 3.00 bits per heavy atom. The number of benzene rings is 1. The van der Waals surface area contributed by atoms with Crippen LogP contribution in [0.5, 0.6) is 0 Å². The molecule has 3 nitrogen and oxygen atoms in total. The second kappa shape index (κ2) is 2.60. The lowest BCUT2D eigenvalue weighted by Crippen LogP contribution is -2.07. The third kappa shape index (κ3) is 0.987. The van der Waals surface area contributed by atoms with Gasteiger partial charge in [0.2, 0.25) is 0 Å². The van der Waals surface area contributed by atoms with Crippen molar-refractivity contribution in [2.24, 2.45) is 0 Å². The minimum Gasteiger partial charge on any atom is -0.297 e. The van der Waals surface area contributed by atoms with E-state index in [0.29, 0.717) is 0 Å². The smallest absolute Gasteiger partial charge is 0.170 e. The molecule has 1 aliphatic heterocycles. The number of hydrogen-bond donors (Lipinski definition) is 1. The minimum absolute atomic E-state index is 0.0208. The van der Waals surface area contributed by atoms with Gasteiger partial charge in [-0.05, 0) is 13.0 Å². The predicted molar refractivity (Wildman–Crippen MR) is 44.6 cm³/mol. The summed E-state index contributed by atoms with van der Waals surface area (Å²) in [5.41, 5.74) is 4.52. The van der Waals surface area contributed by atoms with Gasteiger partial charge in [-0.3, -0.25) is 15.1 Å². The van der Waals surface area contributed by atoms with Gasteiger partial charge < -0.3 is 0 Å². The van der Waals surface area contributed by atoms with E-state index in [0.717, 1.165) is 11.3 Å². The molecule has 1 aliphatic rings. The zero-order valence-electron chi connectivity index (χ0n) is 6.70. The number of rotatable bonds is 1. The summed E-state index contributed by atoms with van der Waals surface area (Å²) in [4.78, 5) is 16.1. The molecule has 0 radical (unpaired) electrons. The molecule has 0 aliphatic carbocycles. The highest BCUT2D eigenvalue weighted by Gasteiger charge is 2.26. The summed E-state index contributed by atoms with van der Waals surface area (Å²) in [5.74, 6) is 0.0208. The van der Waals surface area contributed by atoms with E-state index in [1.807, 2.05) is 24.3 Å². The monoisotopic (exact) mass is 163 g/mol. The largest absolute Gasteiger partial charge is 0.297 e. The van der Waals surface area contributed by atoms with E-state index in [-0.39, 0.29) is 5.78 Å².